The zero-order valence-electron chi connectivity index (χ0n) is 13.3. The van der Waals surface area contributed by atoms with Gasteiger partial charge in [-0.05, 0) is 30.5 Å². The lowest BCUT2D eigenvalue weighted by atomic mass is 10.0. The lowest BCUT2D eigenvalue weighted by Gasteiger charge is -2.34. The summed E-state index contributed by atoms with van der Waals surface area (Å²) >= 11 is 0. The van der Waals surface area contributed by atoms with Crippen LogP contribution in [0.25, 0.3) is 0 Å². The van der Waals surface area contributed by atoms with Crippen LogP contribution in [-0.4, -0.2) is 44.8 Å². The van der Waals surface area contributed by atoms with Crippen LogP contribution in [0.15, 0.2) is 42.0 Å². The van der Waals surface area contributed by atoms with Crippen molar-refractivity contribution < 1.29 is 4.74 Å². The van der Waals surface area contributed by atoms with Crippen LogP contribution >= 0.6 is 0 Å². The molecule has 1 aromatic carbocycles. The largest absolute Gasteiger partial charge is 0.380 e. The molecule has 0 fully saturated rings. The first-order valence-corrected chi connectivity index (χ1v) is 8.01. The van der Waals surface area contributed by atoms with E-state index in [9.17, 15) is 0 Å². The molecule has 1 aliphatic rings. The summed E-state index contributed by atoms with van der Waals surface area (Å²) in [7, 11) is 1.77. The molecule has 0 bridgehead atoms. The molecule has 0 aromatic heterocycles. The molecule has 1 heterocycles. The van der Waals surface area contributed by atoms with Gasteiger partial charge in [0, 0.05) is 32.8 Å². The molecule has 1 N–H and O–H groups in total. The van der Waals surface area contributed by atoms with E-state index in [1.54, 1.807) is 7.11 Å². The average molecular weight is 288 g/mol. The second-order valence-corrected chi connectivity index (χ2v) is 5.67. The topological polar surface area (TPSA) is 24.5 Å². The van der Waals surface area contributed by atoms with E-state index in [0.717, 1.165) is 39.2 Å². The van der Waals surface area contributed by atoms with Crippen molar-refractivity contribution in [2.75, 3.05) is 39.9 Å². The maximum Gasteiger partial charge on any atom is 0.0673 e. The van der Waals surface area contributed by atoms with Gasteiger partial charge in [-0.15, -0.1) is 0 Å². The Bertz CT molecular complexity index is 430. The first-order chi connectivity index (χ1) is 10.3. The lowest BCUT2D eigenvalue weighted by molar-refractivity contribution is 0.186. The van der Waals surface area contributed by atoms with Gasteiger partial charge in [0.25, 0.3) is 0 Å². The van der Waals surface area contributed by atoms with E-state index in [1.165, 1.54) is 17.6 Å². The zero-order valence-corrected chi connectivity index (χ0v) is 13.3. The Morgan fingerprint density at radius 2 is 2.10 bits per heavy atom. The van der Waals surface area contributed by atoms with E-state index in [1.807, 2.05) is 0 Å². The highest BCUT2D eigenvalue weighted by molar-refractivity contribution is 5.21. The average Bonchev–Trinajstić information content (AvgIpc) is 2.54. The number of hydrogen-bond donors (Lipinski definition) is 1. The van der Waals surface area contributed by atoms with Gasteiger partial charge in [0.2, 0.25) is 0 Å². The van der Waals surface area contributed by atoms with Gasteiger partial charge in [-0.1, -0.05) is 43.3 Å². The number of ether oxygens (including phenoxy) is 1. The maximum absolute atomic E-state index is 5.24. The summed E-state index contributed by atoms with van der Waals surface area (Å²) in [6, 6.07) is 11.3. The molecule has 21 heavy (non-hydrogen) atoms. The number of nitrogens with one attached hydrogen (secondary N) is 1. The summed E-state index contributed by atoms with van der Waals surface area (Å²) in [6.07, 6.45) is 4.63. The van der Waals surface area contributed by atoms with Crippen molar-refractivity contribution in [1.29, 1.82) is 0 Å². The monoisotopic (exact) mass is 288 g/mol. The Labute approximate surface area is 129 Å². The maximum atomic E-state index is 5.24. The van der Waals surface area contributed by atoms with Crippen LogP contribution in [0.3, 0.4) is 0 Å². The number of benzene rings is 1. The molecule has 0 amide bonds. The number of methoxy groups -OCH3 is 1. The highest BCUT2D eigenvalue weighted by Gasteiger charge is 2.21. The van der Waals surface area contributed by atoms with Gasteiger partial charge in [0.1, 0.15) is 0 Å². The summed E-state index contributed by atoms with van der Waals surface area (Å²) < 4.78 is 5.24. The Hall–Kier alpha value is -1.16. The third-order valence-corrected chi connectivity index (χ3v) is 4.05. The Morgan fingerprint density at radius 3 is 2.71 bits per heavy atom. The number of nitrogens with zero attached hydrogens (tertiary/aromatic N) is 1. The smallest absolute Gasteiger partial charge is 0.0673 e. The van der Waals surface area contributed by atoms with Gasteiger partial charge in [-0.25, -0.2) is 0 Å². The van der Waals surface area contributed by atoms with E-state index >= 15 is 0 Å². The van der Waals surface area contributed by atoms with E-state index in [-0.39, 0.29) is 0 Å². The van der Waals surface area contributed by atoms with E-state index in [4.69, 9.17) is 4.74 Å². The first-order valence-electron chi connectivity index (χ1n) is 8.01. The van der Waals surface area contributed by atoms with E-state index in [2.05, 4.69) is 53.5 Å². The second kappa shape index (κ2) is 8.98. The van der Waals surface area contributed by atoms with Crippen molar-refractivity contribution in [3.63, 3.8) is 0 Å². The Morgan fingerprint density at radius 1 is 1.29 bits per heavy atom. The molecule has 0 aliphatic carbocycles. The summed E-state index contributed by atoms with van der Waals surface area (Å²) in [4.78, 5) is 2.57. The standard InChI is InChI=1S/C18H28N2O/c1-3-11-19-14-18(17-7-5-4-6-8-17)20-12-9-16(10-13-20)15-21-2/h4-9,18-19H,3,10-15H2,1-2H3. The first kappa shape index (κ1) is 16.2. The summed E-state index contributed by atoms with van der Waals surface area (Å²) in [5.41, 5.74) is 2.84. The van der Waals surface area contributed by atoms with Crippen molar-refractivity contribution in [3.8, 4) is 0 Å². The van der Waals surface area contributed by atoms with Crippen molar-refractivity contribution in [3.05, 3.63) is 47.5 Å². The van der Waals surface area contributed by atoms with Crippen molar-refractivity contribution >= 4 is 0 Å². The van der Waals surface area contributed by atoms with Crippen LogP contribution < -0.4 is 5.32 Å². The molecule has 1 aliphatic heterocycles. The van der Waals surface area contributed by atoms with Crippen LogP contribution in [0.4, 0.5) is 0 Å². The summed E-state index contributed by atoms with van der Waals surface area (Å²) in [5.74, 6) is 0. The molecule has 0 saturated heterocycles. The molecule has 0 spiro atoms. The van der Waals surface area contributed by atoms with Crippen molar-refractivity contribution in [2.45, 2.75) is 25.8 Å². The fraction of sp³-hybridized carbons (Fsp3) is 0.556. The number of hydrogen-bond acceptors (Lipinski definition) is 3. The highest BCUT2D eigenvalue weighted by Crippen LogP contribution is 2.24. The third kappa shape index (κ3) is 4.95. The predicted octanol–water partition coefficient (Wildman–Crippen LogP) is 3.01. The Balaban J connectivity index is 2.02. The molecule has 3 nitrogen and oxygen atoms in total. The van der Waals surface area contributed by atoms with E-state index < -0.39 is 0 Å². The molecule has 116 valence electrons. The minimum atomic E-state index is 0.457. The molecule has 1 atom stereocenters. The lowest BCUT2D eigenvalue weighted by Crippen LogP contribution is -2.39. The van der Waals surface area contributed by atoms with Crippen molar-refractivity contribution in [1.82, 2.24) is 10.2 Å². The van der Waals surface area contributed by atoms with Gasteiger partial charge in [-0.2, -0.15) is 0 Å². The molecule has 1 unspecified atom stereocenters. The molecular weight excluding hydrogens is 260 g/mol. The van der Waals surface area contributed by atoms with Gasteiger partial charge in [0.05, 0.1) is 6.61 Å². The summed E-state index contributed by atoms with van der Waals surface area (Å²) in [6.45, 7) is 7.23. The van der Waals surface area contributed by atoms with Crippen LogP contribution in [0.1, 0.15) is 31.4 Å². The predicted molar refractivity (Wildman–Crippen MR) is 88.5 cm³/mol. The normalized spacial score (nSPS) is 17.5. The van der Waals surface area contributed by atoms with Crippen LogP contribution in [0.2, 0.25) is 0 Å². The summed E-state index contributed by atoms with van der Waals surface area (Å²) in [5, 5.41) is 3.58. The Kier molecular flexibility index (Phi) is 6.93. The van der Waals surface area contributed by atoms with Crippen LogP contribution in [0.5, 0.6) is 0 Å². The van der Waals surface area contributed by atoms with E-state index in [0.29, 0.717) is 6.04 Å². The quantitative estimate of drug-likeness (QED) is 0.588. The van der Waals surface area contributed by atoms with Gasteiger partial charge in [-0.3, -0.25) is 4.90 Å². The fourth-order valence-corrected chi connectivity index (χ4v) is 2.87. The van der Waals surface area contributed by atoms with Gasteiger partial charge >= 0.3 is 0 Å². The molecule has 0 saturated carbocycles. The highest BCUT2D eigenvalue weighted by atomic mass is 16.5. The van der Waals surface area contributed by atoms with Crippen molar-refractivity contribution in [2.24, 2.45) is 0 Å². The molecule has 2 rings (SSSR count). The molecule has 1 aromatic rings. The SMILES string of the molecule is CCCNCC(c1ccccc1)N1CC=C(COC)CC1. The molecule has 0 radical (unpaired) electrons. The minimum Gasteiger partial charge on any atom is -0.380 e. The second-order valence-electron chi connectivity index (χ2n) is 5.67. The zero-order chi connectivity index (χ0) is 14.9. The van der Waals surface area contributed by atoms with Crippen LogP contribution in [0, 0.1) is 0 Å². The molecular formula is C18H28N2O. The minimum absolute atomic E-state index is 0.457. The van der Waals surface area contributed by atoms with Crippen LogP contribution in [-0.2, 0) is 4.74 Å². The molecule has 3 heteroatoms. The third-order valence-electron chi connectivity index (χ3n) is 4.05. The number of rotatable bonds is 8. The van der Waals surface area contributed by atoms with Gasteiger partial charge < -0.3 is 10.1 Å². The van der Waals surface area contributed by atoms with Gasteiger partial charge in [0.15, 0.2) is 0 Å². The fourth-order valence-electron chi connectivity index (χ4n) is 2.87.